The van der Waals surface area contributed by atoms with E-state index in [1.54, 1.807) is 106 Å². The molecule has 4 heterocycles. The maximum atomic E-state index is 14.4. The zero-order chi connectivity index (χ0) is 50.7. The van der Waals surface area contributed by atoms with E-state index in [9.17, 15) is 4.79 Å². The quantitative estimate of drug-likeness (QED) is 0.120. The van der Waals surface area contributed by atoms with Crippen LogP contribution in [0.25, 0.3) is 83.9 Å². The number of aromatic nitrogens is 7. The third-order valence-electron chi connectivity index (χ3n) is 10.2. The molecular weight excluding hydrogens is 727 g/mol. The van der Waals surface area contributed by atoms with Crippen molar-refractivity contribution in [3.05, 3.63) is 217 Å². The van der Waals surface area contributed by atoms with Crippen LogP contribution < -0.4 is 10.3 Å². The molecule has 0 atom stereocenters. The summed E-state index contributed by atoms with van der Waals surface area (Å²) < 4.78 is 121. The van der Waals surface area contributed by atoms with E-state index in [2.05, 4.69) is 11.3 Å². The molecule has 59 heavy (non-hydrogen) atoms. The predicted molar refractivity (Wildman–Crippen MR) is 234 cm³/mol. The van der Waals surface area contributed by atoms with E-state index in [4.69, 9.17) is 22.8 Å². The maximum absolute atomic E-state index is 14.4. The Labute approximate surface area is 357 Å². The molecule has 4 aromatic heterocycles. The van der Waals surface area contributed by atoms with Crippen LogP contribution in [0.3, 0.4) is 0 Å². The van der Waals surface area contributed by atoms with Crippen molar-refractivity contribution in [1.82, 2.24) is 28.2 Å². The van der Waals surface area contributed by atoms with Gasteiger partial charge < -0.3 is 0 Å². The first kappa shape index (κ1) is 23.2. The fourth-order valence-corrected chi connectivity index (χ4v) is 7.71. The van der Waals surface area contributed by atoms with Crippen LogP contribution in [0.5, 0.6) is 0 Å². The molecule has 0 saturated heterocycles. The zero-order valence-electron chi connectivity index (χ0n) is 43.7. The maximum Gasteiger partial charge on any atom is 0.339 e. The zero-order valence-corrected chi connectivity index (χ0v) is 30.7. The minimum absolute atomic E-state index is 0.0815. The molecule has 8 heteroatoms. The van der Waals surface area contributed by atoms with Crippen molar-refractivity contribution in [2.24, 2.45) is 0 Å². The van der Waals surface area contributed by atoms with Gasteiger partial charge in [0.2, 0.25) is 0 Å². The predicted octanol–water partition coefficient (Wildman–Crippen LogP) is 10.2. The fraction of sp³-hybridized carbons (Fsp3) is 0.0196. The largest absolute Gasteiger partial charge is 0.339 e. The topological polar surface area (TPSA) is 66.5 Å². The molecule has 0 radical (unpaired) electrons. The van der Waals surface area contributed by atoms with Gasteiger partial charge in [-0.25, -0.2) is 19.3 Å². The van der Waals surface area contributed by atoms with Crippen LogP contribution in [0.15, 0.2) is 199 Å². The Morgan fingerprint density at radius 3 is 1.98 bits per heavy atom. The second kappa shape index (κ2) is 13.8. The van der Waals surface area contributed by atoms with Crippen molar-refractivity contribution in [2.75, 3.05) is 0 Å². The Kier molecular flexibility index (Phi) is 5.44. The molecule has 11 aromatic rings. The van der Waals surface area contributed by atoms with Crippen LogP contribution in [0.4, 0.5) is 0 Å². The first-order valence-electron chi connectivity index (χ1n) is 25.0. The Morgan fingerprint density at radius 1 is 0.593 bits per heavy atom. The molecule has 0 fully saturated rings. The van der Waals surface area contributed by atoms with E-state index in [0.29, 0.717) is 56.0 Å². The van der Waals surface area contributed by atoms with Crippen molar-refractivity contribution in [3.8, 4) is 50.8 Å². The van der Waals surface area contributed by atoms with Gasteiger partial charge in [-0.1, -0.05) is 133 Å². The summed E-state index contributed by atoms with van der Waals surface area (Å²) in [6.45, 7) is -2.74. The highest BCUT2D eigenvalue weighted by atomic mass is 16.1. The highest BCUT2D eigenvalue weighted by molar-refractivity contribution is 5.95. The van der Waals surface area contributed by atoms with Crippen molar-refractivity contribution >= 4 is 33.1 Å². The average Bonchev–Trinajstić information content (AvgIpc) is 4.05. The van der Waals surface area contributed by atoms with Gasteiger partial charge in [0.15, 0.2) is 0 Å². The van der Waals surface area contributed by atoms with Crippen LogP contribution in [-0.4, -0.2) is 28.2 Å². The minimum atomic E-state index is -2.74. The SMILES string of the molecule is [2H]c1c([2H])c([2H])c(-c2cccc(-c3c([2H])c([2H])c([2H])c([2H])c3[2H])c2-[n+]2[c-]n(-c3cccc(-n4c(C([2H])([2H])[2H])nc5cc6c(cc54)n(-c4ccccn4)c(=O)n6-c4ccccc4)c3)c3ccccc32)c([2H])c1[2H]. The number of pyridine rings is 1. The number of hydrogen-bond donors (Lipinski definition) is 0. The summed E-state index contributed by atoms with van der Waals surface area (Å²) in [5.74, 6) is 0.0874. The summed E-state index contributed by atoms with van der Waals surface area (Å²) in [4.78, 5) is 23.6. The molecule has 280 valence electrons. The lowest BCUT2D eigenvalue weighted by Crippen LogP contribution is -2.31. The number of benzene rings is 7. The molecule has 0 spiro atoms. The van der Waals surface area contributed by atoms with Crippen molar-refractivity contribution in [2.45, 2.75) is 6.85 Å². The smallest absolute Gasteiger partial charge is 0.297 e. The lowest BCUT2D eigenvalue weighted by Gasteiger charge is -2.17. The van der Waals surface area contributed by atoms with E-state index in [1.165, 1.54) is 31.9 Å². The minimum Gasteiger partial charge on any atom is -0.297 e. The standard InChI is InChI=1S/C51H35N7O/c1-35-53-43-32-47-48(58(49-29-13-14-30-52-49)51(59)57(47)38-21-9-4-10-22-38)33-46(43)56(35)40-24-15-23-39(31-40)54-34-55(45-28-12-11-27-44(45)54)50-41(36-17-5-2-6-18-36)25-16-26-42(50)37-19-7-3-8-20-37/h2-33H,1H3/i1D3,2D,3D,5D,6D,7D,8D,17D,18D,19D,20D. The van der Waals surface area contributed by atoms with Crippen LogP contribution >= 0.6 is 0 Å². The van der Waals surface area contributed by atoms with Gasteiger partial charge in [0, 0.05) is 16.0 Å². The monoisotopic (exact) mass is 774 g/mol. The summed E-state index contributed by atoms with van der Waals surface area (Å²) in [5, 5.41) is 0. The Balaban J connectivity index is 1.18. The molecule has 0 amide bonds. The van der Waals surface area contributed by atoms with E-state index in [-0.39, 0.29) is 33.8 Å². The number of nitrogens with zero attached hydrogens (tertiary/aromatic N) is 7. The van der Waals surface area contributed by atoms with Gasteiger partial charge in [-0.2, -0.15) is 0 Å². The third-order valence-corrected chi connectivity index (χ3v) is 10.2. The summed E-state index contributed by atoms with van der Waals surface area (Å²) in [6, 6.07) is 30.5. The van der Waals surface area contributed by atoms with Gasteiger partial charge in [-0.05, 0) is 83.7 Å². The summed E-state index contributed by atoms with van der Waals surface area (Å²) in [5.41, 5.74) is 3.38. The average molecular weight is 775 g/mol. The molecule has 8 nitrogen and oxygen atoms in total. The number of aryl methyl sites for hydroxylation is 1. The Morgan fingerprint density at radius 2 is 1.25 bits per heavy atom. The Hall–Kier alpha value is -8.10. The first-order chi connectivity index (χ1) is 34.5. The molecule has 0 bridgehead atoms. The van der Waals surface area contributed by atoms with Crippen molar-refractivity contribution < 1.29 is 22.4 Å². The lowest BCUT2D eigenvalue weighted by molar-refractivity contribution is -0.571. The van der Waals surface area contributed by atoms with Gasteiger partial charge >= 0.3 is 5.69 Å². The van der Waals surface area contributed by atoms with E-state index >= 15 is 0 Å². The number of fused-ring (bicyclic) bond motifs is 3. The highest BCUT2D eigenvalue weighted by Crippen LogP contribution is 2.35. The molecule has 0 N–H and O–H groups in total. The normalized spacial score (nSPS) is 14.9. The van der Waals surface area contributed by atoms with E-state index in [0.717, 1.165) is 0 Å². The van der Waals surface area contributed by atoms with Crippen LogP contribution in [0, 0.1) is 13.2 Å². The van der Waals surface area contributed by atoms with Crippen molar-refractivity contribution in [1.29, 1.82) is 0 Å². The highest BCUT2D eigenvalue weighted by Gasteiger charge is 2.22. The molecule has 0 unspecified atom stereocenters. The lowest BCUT2D eigenvalue weighted by atomic mass is 9.95. The molecular formula is C51H35N7O. The number of rotatable bonds is 7. The summed E-state index contributed by atoms with van der Waals surface area (Å²) in [7, 11) is 0. The summed E-state index contributed by atoms with van der Waals surface area (Å²) in [6.07, 6.45) is 4.95. The molecule has 0 aliphatic carbocycles. The fourth-order valence-electron chi connectivity index (χ4n) is 7.71. The van der Waals surface area contributed by atoms with Gasteiger partial charge in [0.1, 0.15) is 11.6 Å². The van der Waals surface area contributed by atoms with Crippen molar-refractivity contribution in [3.63, 3.8) is 0 Å². The summed E-state index contributed by atoms with van der Waals surface area (Å²) >= 11 is 0. The number of imidazole rings is 3. The molecule has 0 aliphatic rings. The number of hydrogen-bond acceptors (Lipinski definition) is 3. The number of para-hydroxylation sites is 4. The second-order valence-corrected chi connectivity index (χ2v) is 13.6. The van der Waals surface area contributed by atoms with Gasteiger partial charge in [-0.3, -0.25) is 18.3 Å². The van der Waals surface area contributed by atoms with Gasteiger partial charge in [-0.15, -0.1) is 0 Å². The van der Waals surface area contributed by atoms with Gasteiger partial charge in [0.25, 0.3) is 6.33 Å². The first-order valence-corrected chi connectivity index (χ1v) is 18.5. The molecule has 11 rings (SSSR count). The second-order valence-electron chi connectivity index (χ2n) is 13.6. The Bertz CT molecular complexity index is 3980. The third kappa shape index (κ3) is 5.61. The van der Waals surface area contributed by atoms with E-state index in [1.807, 2.05) is 18.2 Å². The van der Waals surface area contributed by atoms with E-state index < -0.39 is 73.0 Å². The molecule has 0 aliphatic heterocycles. The molecule has 7 aromatic carbocycles. The van der Waals surface area contributed by atoms with Crippen LogP contribution in [0.2, 0.25) is 0 Å². The van der Waals surface area contributed by atoms with Gasteiger partial charge in [0.05, 0.1) is 63.9 Å². The van der Waals surface area contributed by atoms with Crippen LogP contribution in [0.1, 0.15) is 23.6 Å². The van der Waals surface area contributed by atoms with Crippen LogP contribution in [-0.2, 0) is 0 Å². The molecule has 0 saturated carbocycles.